The molecule has 0 bridgehead atoms. The molecule has 0 saturated carbocycles. The molecule has 2 amide bonds. The van der Waals surface area contributed by atoms with E-state index in [0.717, 1.165) is 0 Å². The van der Waals surface area contributed by atoms with Gasteiger partial charge in [0.2, 0.25) is 5.95 Å². The second-order valence-electron chi connectivity index (χ2n) is 4.52. The molecule has 10 heteroatoms. The van der Waals surface area contributed by atoms with Crippen molar-refractivity contribution in [3.8, 4) is 6.01 Å². The molecule has 136 valence electrons. The summed E-state index contributed by atoms with van der Waals surface area (Å²) in [5, 5.41) is 2.23. The van der Waals surface area contributed by atoms with Crippen molar-refractivity contribution in [2.75, 3.05) is 12.4 Å². The number of benzene rings is 1. The first-order chi connectivity index (χ1) is 11.8. The van der Waals surface area contributed by atoms with Gasteiger partial charge in [0.25, 0.3) is 10.0 Å². The molecular formula is C15H21N5O4S. The van der Waals surface area contributed by atoms with Crippen LogP contribution in [0.15, 0.2) is 29.2 Å². The number of rotatable bonds is 4. The van der Waals surface area contributed by atoms with Gasteiger partial charge in [-0.15, -0.1) is 0 Å². The van der Waals surface area contributed by atoms with E-state index < -0.39 is 16.1 Å². The van der Waals surface area contributed by atoms with E-state index in [-0.39, 0.29) is 16.9 Å². The van der Waals surface area contributed by atoms with Gasteiger partial charge in [0.1, 0.15) is 5.82 Å². The van der Waals surface area contributed by atoms with Gasteiger partial charge in [-0.05, 0) is 25.5 Å². The standard InChI is InChI=1S/C13H15N5O4S.C2H6/c1-8-6-4-5-7-10(8)23(20,21)18-12(19)16-11-14-9(2)15-13(17-11)22-3;1-2/h4-7H,1-3H3,(H2,14,15,16,17,18,19);1-2H3. The summed E-state index contributed by atoms with van der Waals surface area (Å²) in [5.41, 5.74) is 0.519. The number of hydrogen-bond acceptors (Lipinski definition) is 7. The zero-order valence-electron chi connectivity index (χ0n) is 14.7. The largest absolute Gasteiger partial charge is 0.467 e. The quantitative estimate of drug-likeness (QED) is 0.847. The predicted molar refractivity (Wildman–Crippen MR) is 93.0 cm³/mol. The van der Waals surface area contributed by atoms with E-state index in [1.165, 1.54) is 13.2 Å². The van der Waals surface area contributed by atoms with E-state index in [9.17, 15) is 13.2 Å². The van der Waals surface area contributed by atoms with Crippen LogP contribution in [0, 0.1) is 13.8 Å². The van der Waals surface area contributed by atoms with E-state index in [0.29, 0.717) is 11.4 Å². The number of carbonyl (C=O) groups is 1. The molecule has 1 heterocycles. The van der Waals surface area contributed by atoms with Crippen molar-refractivity contribution in [2.45, 2.75) is 32.6 Å². The fraction of sp³-hybridized carbons (Fsp3) is 0.333. The Morgan fingerprint density at radius 1 is 1.08 bits per heavy atom. The molecule has 0 fully saturated rings. The van der Waals surface area contributed by atoms with Crippen molar-refractivity contribution >= 4 is 22.0 Å². The first kappa shape index (κ1) is 20.3. The highest BCUT2D eigenvalue weighted by molar-refractivity contribution is 7.90. The molecule has 2 N–H and O–H groups in total. The van der Waals surface area contributed by atoms with Crippen molar-refractivity contribution in [3.63, 3.8) is 0 Å². The van der Waals surface area contributed by atoms with Gasteiger partial charge < -0.3 is 4.74 Å². The second-order valence-corrected chi connectivity index (χ2v) is 6.17. The molecular weight excluding hydrogens is 346 g/mol. The van der Waals surface area contributed by atoms with E-state index in [1.54, 1.807) is 32.0 Å². The number of aromatic nitrogens is 3. The third-order valence-electron chi connectivity index (χ3n) is 2.74. The Hall–Kier alpha value is -2.75. The maximum Gasteiger partial charge on any atom is 0.335 e. The van der Waals surface area contributed by atoms with Crippen molar-refractivity contribution in [1.29, 1.82) is 0 Å². The van der Waals surface area contributed by atoms with Crippen LogP contribution in [0.5, 0.6) is 6.01 Å². The number of ether oxygens (including phenoxy) is 1. The Labute approximate surface area is 146 Å². The number of hydrogen-bond donors (Lipinski definition) is 2. The van der Waals surface area contributed by atoms with Gasteiger partial charge in [-0.25, -0.2) is 17.9 Å². The van der Waals surface area contributed by atoms with Crippen molar-refractivity contribution in [2.24, 2.45) is 0 Å². The average molecular weight is 367 g/mol. The molecule has 0 saturated heterocycles. The van der Waals surface area contributed by atoms with Crippen molar-refractivity contribution in [3.05, 3.63) is 35.7 Å². The third-order valence-corrected chi connectivity index (χ3v) is 4.24. The molecule has 2 rings (SSSR count). The molecule has 25 heavy (non-hydrogen) atoms. The van der Waals surface area contributed by atoms with E-state index in [1.807, 2.05) is 18.6 Å². The van der Waals surface area contributed by atoms with Crippen LogP contribution in [0.3, 0.4) is 0 Å². The summed E-state index contributed by atoms with van der Waals surface area (Å²) in [4.78, 5) is 23.4. The summed E-state index contributed by atoms with van der Waals surface area (Å²) in [7, 11) is -2.64. The first-order valence-corrected chi connectivity index (χ1v) is 8.96. The molecule has 0 spiro atoms. The number of nitrogens with one attached hydrogen (secondary N) is 2. The molecule has 0 aliphatic heterocycles. The van der Waals surface area contributed by atoms with E-state index >= 15 is 0 Å². The van der Waals surface area contributed by atoms with Gasteiger partial charge in [-0.3, -0.25) is 5.32 Å². The number of amides is 2. The summed E-state index contributed by atoms with van der Waals surface area (Å²) in [6.07, 6.45) is 0. The molecule has 0 atom stereocenters. The molecule has 1 aromatic heterocycles. The summed E-state index contributed by atoms with van der Waals surface area (Å²) < 4.78 is 31.1. The SMILES string of the molecule is CC.COc1nc(C)nc(NC(=O)NS(=O)(=O)c2ccccc2C)n1. The van der Waals surface area contributed by atoms with Gasteiger partial charge in [0.15, 0.2) is 0 Å². The number of methoxy groups -OCH3 is 1. The Balaban J connectivity index is 0.00000151. The van der Waals surface area contributed by atoms with Gasteiger partial charge >= 0.3 is 12.0 Å². The highest BCUT2D eigenvalue weighted by Gasteiger charge is 2.20. The fourth-order valence-corrected chi connectivity index (χ4v) is 2.92. The summed E-state index contributed by atoms with van der Waals surface area (Å²) in [5.74, 6) is 0.195. The number of sulfonamides is 1. The smallest absolute Gasteiger partial charge is 0.335 e. The zero-order valence-corrected chi connectivity index (χ0v) is 15.5. The van der Waals surface area contributed by atoms with Crippen molar-refractivity contribution < 1.29 is 17.9 Å². The lowest BCUT2D eigenvalue weighted by atomic mass is 10.2. The highest BCUT2D eigenvalue weighted by Crippen LogP contribution is 2.14. The van der Waals surface area contributed by atoms with Crippen LogP contribution in [-0.4, -0.2) is 36.5 Å². The minimum atomic E-state index is -4.00. The summed E-state index contributed by atoms with van der Waals surface area (Å²) in [6, 6.07) is 5.33. The normalized spacial score (nSPS) is 10.3. The number of anilines is 1. The Bertz CT molecular complexity index is 840. The van der Waals surface area contributed by atoms with E-state index in [4.69, 9.17) is 4.74 Å². The van der Waals surface area contributed by atoms with Gasteiger partial charge in [-0.2, -0.15) is 15.0 Å². The lowest BCUT2D eigenvalue weighted by Crippen LogP contribution is -2.35. The van der Waals surface area contributed by atoms with Crippen LogP contribution >= 0.6 is 0 Å². The van der Waals surface area contributed by atoms with Crippen LogP contribution in [0.1, 0.15) is 25.2 Å². The van der Waals surface area contributed by atoms with Crippen LogP contribution < -0.4 is 14.8 Å². The van der Waals surface area contributed by atoms with Crippen LogP contribution in [0.2, 0.25) is 0 Å². The highest BCUT2D eigenvalue weighted by atomic mass is 32.2. The van der Waals surface area contributed by atoms with E-state index in [2.05, 4.69) is 20.3 Å². The number of aryl methyl sites for hydroxylation is 2. The minimum Gasteiger partial charge on any atom is -0.467 e. The Morgan fingerprint density at radius 2 is 1.72 bits per heavy atom. The average Bonchev–Trinajstić information content (AvgIpc) is 2.55. The molecule has 0 aliphatic carbocycles. The monoisotopic (exact) mass is 367 g/mol. The molecule has 1 aromatic carbocycles. The molecule has 2 aromatic rings. The van der Waals surface area contributed by atoms with Crippen molar-refractivity contribution in [1.82, 2.24) is 19.7 Å². The first-order valence-electron chi connectivity index (χ1n) is 7.48. The van der Waals surface area contributed by atoms with Crippen LogP contribution in [0.25, 0.3) is 0 Å². The van der Waals surface area contributed by atoms with Crippen LogP contribution in [0.4, 0.5) is 10.7 Å². The lowest BCUT2D eigenvalue weighted by Gasteiger charge is -2.10. The molecule has 0 radical (unpaired) electrons. The lowest BCUT2D eigenvalue weighted by molar-refractivity contribution is 0.256. The fourth-order valence-electron chi connectivity index (χ4n) is 1.77. The second kappa shape index (κ2) is 8.92. The van der Waals surface area contributed by atoms with Gasteiger partial charge in [0.05, 0.1) is 12.0 Å². The maximum atomic E-state index is 12.2. The minimum absolute atomic E-state index is 0.00885. The maximum absolute atomic E-state index is 12.2. The number of carbonyl (C=O) groups excluding carboxylic acids is 1. The topological polar surface area (TPSA) is 123 Å². The molecule has 0 aliphatic rings. The Kier molecular flexibility index (Phi) is 7.24. The zero-order chi connectivity index (χ0) is 19.0. The molecule has 9 nitrogen and oxygen atoms in total. The Morgan fingerprint density at radius 3 is 2.32 bits per heavy atom. The number of nitrogens with zero attached hydrogens (tertiary/aromatic N) is 3. The van der Waals surface area contributed by atoms with Gasteiger partial charge in [0, 0.05) is 0 Å². The van der Waals surface area contributed by atoms with Crippen LogP contribution in [-0.2, 0) is 10.0 Å². The number of urea groups is 1. The summed E-state index contributed by atoms with van der Waals surface area (Å²) in [6.45, 7) is 7.21. The predicted octanol–water partition coefficient (Wildman–Crippen LogP) is 2.03. The summed E-state index contributed by atoms with van der Waals surface area (Å²) >= 11 is 0. The van der Waals surface area contributed by atoms with Gasteiger partial charge in [-0.1, -0.05) is 32.0 Å². The third kappa shape index (κ3) is 5.68. The molecule has 0 unspecified atom stereocenters.